The predicted octanol–water partition coefficient (Wildman–Crippen LogP) is 0.989. The first-order chi connectivity index (χ1) is 5.55. The van der Waals surface area contributed by atoms with Crippen molar-refractivity contribution in [2.75, 3.05) is 13.2 Å². The molecular weight excluding hydrogens is 176 g/mol. The molecular formula is C8H16O3S. The highest BCUT2D eigenvalue weighted by molar-refractivity contribution is 7.92. The molecule has 0 bridgehead atoms. The number of hydrogen-bond acceptors (Lipinski definition) is 3. The van der Waals surface area contributed by atoms with Crippen LogP contribution in [0.5, 0.6) is 0 Å². The van der Waals surface area contributed by atoms with E-state index < -0.39 is 9.84 Å². The smallest absolute Gasteiger partial charge is 0.155 e. The molecule has 0 radical (unpaired) electrons. The number of hydrogen-bond donors (Lipinski definition) is 0. The van der Waals surface area contributed by atoms with Crippen molar-refractivity contribution in [2.45, 2.75) is 37.2 Å². The van der Waals surface area contributed by atoms with Crippen molar-refractivity contribution in [3.05, 3.63) is 0 Å². The summed E-state index contributed by atoms with van der Waals surface area (Å²) in [4.78, 5) is 0. The highest BCUT2D eigenvalue weighted by Crippen LogP contribution is 2.19. The van der Waals surface area contributed by atoms with Crippen molar-refractivity contribution in [3.8, 4) is 0 Å². The van der Waals surface area contributed by atoms with Crippen LogP contribution < -0.4 is 0 Å². The van der Waals surface area contributed by atoms with E-state index in [1.54, 1.807) is 13.8 Å². The van der Waals surface area contributed by atoms with Gasteiger partial charge in [0.05, 0.1) is 10.5 Å². The normalized spacial score (nSPS) is 21.6. The van der Waals surface area contributed by atoms with Crippen LogP contribution >= 0.6 is 0 Å². The summed E-state index contributed by atoms with van der Waals surface area (Å²) in [5.41, 5.74) is 0. The summed E-state index contributed by atoms with van der Waals surface area (Å²) in [5.74, 6) is 0. The molecule has 0 unspecified atom stereocenters. The molecule has 0 aromatic rings. The Morgan fingerprint density at radius 3 is 2.17 bits per heavy atom. The quantitative estimate of drug-likeness (QED) is 0.655. The third kappa shape index (κ3) is 1.98. The Bertz CT molecular complexity index is 225. The first-order valence-corrected chi connectivity index (χ1v) is 5.96. The second-order valence-electron chi connectivity index (χ2n) is 3.45. The maximum Gasteiger partial charge on any atom is 0.155 e. The topological polar surface area (TPSA) is 43.4 Å². The van der Waals surface area contributed by atoms with Crippen molar-refractivity contribution in [1.82, 2.24) is 0 Å². The first kappa shape index (κ1) is 9.99. The maximum absolute atomic E-state index is 11.6. The highest BCUT2D eigenvalue weighted by atomic mass is 32.2. The van der Waals surface area contributed by atoms with Crippen LogP contribution in [0.15, 0.2) is 0 Å². The second kappa shape index (κ2) is 3.75. The molecule has 0 saturated carbocycles. The summed E-state index contributed by atoms with van der Waals surface area (Å²) in [5, 5.41) is -0.410. The SMILES string of the molecule is CC(C)S(=O)(=O)C1CCOCC1. The Morgan fingerprint density at radius 1 is 1.25 bits per heavy atom. The molecule has 3 nitrogen and oxygen atoms in total. The minimum absolute atomic E-state index is 0.161. The van der Waals surface area contributed by atoms with Crippen LogP contribution in [0, 0.1) is 0 Å². The van der Waals surface area contributed by atoms with Gasteiger partial charge in [0.2, 0.25) is 0 Å². The van der Waals surface area contributed by atoms with Crippen LogP contribution in [-0.2, 0) is 14.6 Å². The summed E-state index contributed by atoms with van der Waals surface area (Å²) in [6.07, 6.45) is 1.33. The largest absolute Gasteiger partial charge is 0.381 e. The van der Waals surface area contributed by atoms with E-state index in [2.05, 4.69) is 0 Å². The fourth-order valence-corrected chi connectivity index (χ4v) is 3.01. The van der Waals surface area contributed by atoms with Gasteiger partial charge >= 0.3 is 0 Å². The van der Waals surface area contributed by atoms with Crippen molar-refractivity contribution < 1.29 is 13.2 Å². The molecule has 0 N–H and O–H groups in total. The molecule has 0 aromatic carbocycles. The summed E-state index contributed by atoms with van der Waals surface area (Å²) in [6.45, 7) is 4.67. The Hall–Kier alpha value is -0.0900. The third-order valence-electron chi connectivity index (χ3n) is 2.29. The lowest BCUT2D eigenvalue weighted by Gasteiger charge is -2.23. The Morgan fingerprint density at radius 2 is 1.75 bits per heavy atom. The van der Waals surface area contributed by atoms with Crippen LogP contribution in [-0.4, -0.2) is 32.1 Å². The zero-order valence-corrected chi connectivity index (χ0v) is 8.43. The molecule has 1 aliphatic heterocycles. The molecule has 0 spiro atoms. The fourth-order valence-electron chi connectivity index (χ4n) is 1.39. The molecule has 0 atom stereocenters. The molecule has 72 valence electrons. The minimum atomic E-state index is -2.88. The van der Waals surface area contributed by atoms with E-state index in [1.165, 1.54) is 0 Å². The van der Waals surface area contributed by atoms with E-state index >= 15 is 0 Å². The molecule has 1 heterocycles. The average Bonchev–Trinajstić information content (AvgIpc) is 2.06. The predicted molar refractivity (Wildman–Crippen MR) is 47.9 cm³/mol. The summed E-state index contributed by atoms with van der Waals surface area (Å²) < 4.78 is 28.4. The average molecular weight is 192 g/mol. The lowest BCUT2D eigenvalue weighted by Crippen LogP contribution is -2.33. The van der Waals surface area contributed by atoms with E-state index in [9.17, 15) is 8.42 Å². The van der Waals surface area contributed by atoms with Crippen molar-refractivity contribution >= 4 is 9.84 Å². The molecule has 1 saturated heterocycles. The van der Waals surface area contributed by atoms with Crippen LogP contribution in [0.2, 0.25) is 0 Å². The number of rotatable bonds is 2. The zero-order valence-electron chi connectivity index (χ0n) is 7.62. The van der Waals surface area contributed by atoms with E-state index in [1.807, 2.05) is 0 Å². The molecule has 12 heavy (non-hydrogen) atoms. The third-order valence-corrected chi connectivity index (χ3v) is 5.00. The van der Waals surface area contributed by atoms with Gasteiger partial charge in [-0.3, -0.25) is 0 Å². The van der Waals surface area contributed by atoms with Gasteiger partial charge in [0.25, 0.3) is 0 Å². The molecule has 1 rings (SSSR count). The van der Waals surface area contributed by atoms with E-state index in [0.29, 0.717) is 26.1 Å². The van der Waals surface area contributed by atoms with Gasteiger partial charge in [0, 0.05) is 13.2 Å². The van der Waals surface area contributed by atoms with Gasteiger partial charge in [-0.25, -0.2) is 8.42 Å². The number of ether oxygens (including phenoxy) is 1. The fraction of sp³-hybridized carbons (Fsp3) is 1.00. The van der Waals surface area contributed by atoms with Crippen LogP contribution in [0.3, 0.4) is 0 Å². The van der Waals surface area contributed by atoms with Gasteiger partial charge in [0.15, 0.2) is 9.84 Å². The Balaban J connectivity index is 2.67. The molecule has 1 aliphatic rings. The van der Waals surface area contributed by atoms with Crippen LogP contribution in [0.1, 0.15) is 26.7 Å². The van der Waals surface area contributed by atoms with Gasteiger partial charge in [-0.05, 0) is 26.7 Å². The van der Waals surface area contributed by atoms with Gasteiger partial charge in [-0.15, -0.1) is 0 Å². The van der Waals surface area contributed by atoms with Gasteiger partial charge < -0.3 is 4.74 Å². The Labute approximate surface area is 74.0 Å². The van der Waals surface area contributed by atoms with E-state index in [-0.39, 0.29) is 10.5 Å². The van der Waals surface area contributed by atoms with E-state index in [4.69, 9.17) is 4.74 Å². The highest BCUT2D eigenvalue weighted by Gasteiger charge is 2.29. The summed E-state index contributed by atoms with van der Waals surface area (Å²) in [7, 11) is -2.88. The Kier molecular flexibility index (Phi) is 3.12. The van der Waals surface area contributed by atoms with Gasteiger partial charge in [-0.2, -0.15) is 0 Å². The van der Waals surface area contributed by atoms with Crippen molar-refractivity contribution in [1.29, 1.82) is 0 Å². The van der Waals surface area contributed by atoms with Gasteiger partial charge in [-0.1, -0.05) is 0 Å². The van der Waals surface area contributed by atoms with Crippen LogP contribution in [0.25, 0.3) is 0 Å². The molecule has 0 aromatic heterocycles. The summed E-state index contributed by atoms with van der Waals surface area (Å²) >= 11 is 0. The number of sulfone groups is 1. The van der Waals surface area contributed by atoms with Gasteiger partial charge in [0.1, 0.15) is 0 Å². The monoisotopic (exact) mass is 192 g/mol. The lowest BCUT2D eigenvalue weighted by molar-refractivity contribution is 0.0982. The van der Waals surface area contributed by atoms with Crippen molar-refractivity contribution in [2.24, 2.45) is 0 Å². The van der Waals surface area contributed by atoms with Crippen molar-refractivity contribution in [3.63, 3.8) is 0 Å². The van der Waals surface area contributed by atoms with Crippen LogP contribution in [0.4, 0.5) is 0 Å². The second-order valence-corrected chi connectivity index (χ2v) is 6.24. The molecule has 0 aliphatic carbocycles. The maximum atomic E-state index is 11.6. The molecule has 1 fully saturated rings. The summed E-state index contributed by atoms with van der Waals surface area (Å²) in [6, 6.07) is 0. The first-order valence-electron chi connectivity index (χ1n) is 4.35. The molecule has 4 heteroatoms. The minimum Gasteiger partial charge on any atom is -0.381 e. The van der Waals surface area contributed by atoms with E-state index in [0.717, 1.165) is 0 Å². The zero-order chi connectivity index (χ0) is 9.19. The standard InChI is InChI=1S/C8H16O3S/c1-7(2)12(9,10)8-3-5-11-6-4-8/h7-8H,3-6H2,1-2H3. The lowest BCUT2D eigenvalue weighted by atomic mass is 10.2. The molecule has 0 amide bonds.